The number of nitrogens with one attached hydrogen (secondary N) is 2. The summed E-state index contributed by atoms with van der Waals surface area (Å²) >= 11 is 0. The average molecular weight is 578 g/mol. The molecule has 2 fully saturated rings. The molecule has 43 heavy (non-hydrogen) atoms. The third-order valence-electron chi connectivity index (χ3n) is 8.29. The van der Waals surface area contributed by atoms with Crippen molar-refractivity contribution in [1.29, 1.82) is 5.41 Å². The summed E-state index contributed by atoms with van der Waals surface area (Å²) in [6.45, 7) is 3.66. The summed E-state index contributed by atoms with van der Waals surface area (Å²) in [5.41, 5.74) is 5.25. The van der Waals surface area contributed by atoms with E-state index >= 15 is 0 Å². The predicted octanol–water partition coefficient (Wildman–Crippen LogP) is 3.15. The second kappa shape index (κ2) is 11.8. The van der Waals surface area contributed by atoms with E-state index in [4.69, 9.17) is 15.1 Å². The van der Waals surface area contributed by atoms with Crippen LogP contribution in [-0.4, -0.2) is 78.4 Å². The van der Waals surface area contributed by atoms with Crippen molar-refractivity contribution >= 4 is 17.3 Å². The predicted molar refractivity (Wildman–Crippen MR) is 158 cm³/mol. The van der Waals surface area contributed by atoms with Gasteiger partial charge in [-0.25, -0.2) is 14.8 Å². The number of nitrogens with zero attached hydrogens (tertiary/aromatic N) is 8. The molecule has 1 atom stereocenters. The highest BCUT2D eigenvalue weighted by molar-refractivity contribution is 5.73. The molecule has 0 bridgehead atoms. The van der Waals surface area contributed by atoms with Crippen LogP contribution in [0, 0.1) is 11.3 Å². The molecule has 3 aromatic heterocycles. The van der Waals surface area contributed by atoms with Gasteiger partial charge in [-0.05, 0) is 42.4 Å². The van der Waals surface area contributed by atoms with Gasteiger partial charge in [-0.15, -0.1) is 0 Å². The topological polar surface area (TPSA) is 143 Å². The minimum Gasteiger partial charge on any atom is -0.493 e. The third kappa shape index (κ3) is 5.91. The van der Waals surface area contributed by atoms with E-state index in [2.05, 4.69) is 66.7 Å². The number of benzene rings is 2. The number of imidazole rings is 1. The zero-order valence-corrected chi connectivity index (χ0v) is 23.8. The van der Waals surface area contributed by atoms with Crippen molar-refractivity contribution in [3.8, 4) is 11.4 Å². The maximum Gasteiger partial charge on any atom is 0.409 e. The van der Waals surface area contributed by atoms with Gasteiger partial charge >= 0.3 is 6.09 Å². The van der Waals surface area contributed by atoms with Crippen LogP contribution in [0.1, 0.15) is 35.7 Å². The van der Waals surface area contributed by atoms with Crippen LogP contribution >= 0.6 is 0 Å². The van der Waals surface area contributed by atoms with Gasteiger partial charge < -0.3 is 34.6 Å². The molecular formula is C31H33N10O2-. The molecule has 1 saturated heterocycles. The highest BCUT2D eigenvalue weighted by atomic mass is 16.6. The Hall–Kier alpha value is -4.84. The van der Waals surface area contributed by atoms with Crippen molar-refractivity contribution in [3.05, 3.63) is 89.4 Å². The first kappa shape index (κ1) is 27.0. The van der Waals surface area contributed by atoms with Gasteiger partial charge in [0.05, 0.1) is 25.2 Å². The lowest BCUT2D eigenvalue weighted by Crippen LogP contribution is -2.50. The molecule has 220 valence electrons. The highest BCUT2D eigenvalue weighted by Gasteiger charge is 2.30. The molecule has 12 heteroatoms. The molecule has 2 aliphatic rings. The van der Waals surface area contributed by atoms with Gasteiger partial charge in [-0.3, -0.25) is 10.3 Å². The Labute approximate surface area is 248 Å². The summed E-state index contributed by atoms with van der Waals surface area (Å²) in [6.07, 6.45) is 6.14. The van der Waals surface area contributed by atoms with Gasteiger partial charge in [-0.2, -0.15) is 0 Å². The zero-order valence-electron chi connectivity index (χ0n) is 23.8. The molecule has 1 saturated carbocycles. The van der Waals surface area contributed by atoms with Crippen molar-refractivity contribution < 1.29 is 9.53 Å². The molecule has 1 amide bonds. The fraction of sp³-hybridized carbons (Fsp3) is 0.355. The van der Waals surface area contributed by atoms with Gasteiger partial charge in [0.25, 0.3) is 0 Å². The van der Waals surface area contributed by atoms with Gasteiger partial charge in [-0.1, -0.05) is 48.5 Å². The summed E-state index contributed by atoms with van der Waals surface area (Å²) in [5.74, 6) is 1.17. The minimum atomic E-state index is -0.201. The van der Waals surface area contributed by atoms with Crippen molar-refractivity contribution in [2.75, 3.05) is 32.8 Å². The van der Waals surface area contributed by atoms with Crippen LogP contribution in [0.5, 0.6) is 0 Å². The molecular weight excluding hydrogens is 544 g/mol. The van der Waals surface area contributed by atoms with E-state index in [-0.39, 0.29) is 17.6 Å². The van der Waals surface area contributed by atoms with Crippen molar-refractivity contribution in [3.63, 3.8) is 0 Å². The largest absolute Gasteiger partial charge is 0.493 e. The lowest BCUT2D eigenvalue weighted by Gasteiger charge is -2.39. The van der Waals surface area contributed by atoms with Crippen LogP contribution in [0.15, 0.2) is 67.1 Å². The van der Waals surface area contributed by atoms with Crippen LogP contribution < -0.4 is 10.7 Å². The first-order valence-electron chi connectivity index (χ1n) is 14.7. The summed E-state index contributed by atoms with van der Waals surface area (Å²) in [5, 5.41) is 20.3. The van der Waals surface area contributed by atoms with E-state index in [9.17, 15) is 4.79 Å². The normalized spacial score (nSPS) is 16.4. The molecule has 2 aromatic carbocycles. The van der Waals surface area contributed by atoms with E-state index in [1.54, 1.807) is 12.5 Å². The Kier molecular flexibility index (Phi) is 7.42. The first-order valence-corrected chi connectivity index (χ1v) is 14.7. The molecule has 5 aromatic rings. The van der Waals surface area contributed by atoms with Crippen LogP contribution in [0.3, 0.4) is 0 Å². The highest BCUT2D eigenvalue weighted by Crippen LogP contribution is 2.31. The Bertz CT molecular complexity index is 1750. The molecule has 0 spiro atoms. The summed E-state index contributed by atoms with van der Waals surface area (Å²) in [6, 6.07) is 18.9. The van der Waals surface area contributed by atoms with Crippen molar-refractivity contribution in [2.24, 2.45) is 5.92 Å². The number of carbonyl (C=O) groups is 1. The maximum absolute atomic E-state index is 12.7. The Morgan fingerprint density at radius 1 is 1.09 bits per heavy atom. The molecule has 12 nitrogen and oxygen atoms in total. The number of ether oxygens (including phenoxy) is 1. The monoisotopic (exact) mass is 577 g/mol. The van der Waals surface area contributed by atoms with E-state index in [1.807, 2.05) is 27.7 Å². The van der Waals surface area contributed by atoms with Gasteiger partial charge in [0, 0.05) is 44.0 Å². The van der Waals surface area contributed by atoms with Crippen LogP contribution in [-0.2, 0) is 17.7 Å². The number of aromatic nitrogens is 7. The number of rotatable bonds is 9. The number of hydrogen-bond acceptors (Lipinski definition) is 8. The van der Waals surface area contributed by atoms with E-state index in [0.29, 0.717) is 54.8 Å². The summed E-state index contributed by atoms with van der Waals surface area (Å²) in [7, 11) is 0. The second-order valence-electron chi connectivity index (χ2n) is 11.3. The van der Waals surface area contributed by atoms with E-state index < -0.39 is 0 Å². The molecule has 7 rings (SSSR count). The van der Waals surface area contributed by atoms with Crippen molar-refractivity contribution in [2.45, 2.75) is 31.8 Å². The summed E-state index contributed by atoms with van der Waals surface area (Å²) in [4.78, 5) is 29.2. The molecule has 2 N–H and O–H groups in total. The van der Waals surface area contributed by atoms with E-state index in [0.717, 1.165) is 43.5 Å². The summed E-state index contributed by atoms with van der Waals surface area (Å²) < 4.78 is 7.50. The number of fused-ring (bicyclic) bond motifs is 1. The standard InChI is InChI=1S/C31H33N10O2/c32-28-27-30(34-20-33-27)41(18-25-17-35-38-37-25)29(36-28)24-8-4-7-23(16-24)26(15-21-5-2-1-3-6-21)39-11-13-40(14-12-39)31(42)43-19-22-9-10-22/h1-8,16-17,20,22,26H,9-15,18-19H2,(H2-,32,33,34,35,37,38)/q-1/t26-/m0/s1. The Morgan fingerprint density at radius 3 is 2.70 bits per heavy atom. The molecule has 1 aliphatic carbocycles. The quantitative estimate of drug-likeness (QED) is 0.272. The van der Waals surface area contributed by atoms with Crippen molar-refractivity contribution in [1.82, 2.24) is 44.7 Å². The van der Waals surface area contributed by atoms with Gasteiger partial charge in [0.2, 0.25) is 0 Å². The smallest absolute Gasteiger partial charge is 0.409 e. The third-order valence-corrected chi connectivity index (χ3v) is 8.29. The number of aromatic amines is 1. The number of piperazine rings is 1. The lowest BCUT2D eigenvalue weighted by atomic mass is 9.95. The first-order chi connectivity index (χ1) is 21.1. The number of hydrogen-bond donors (Lipinski definition) is 2. The average Bonchev–Trinajstić information content (AvgIpc) is 3.48. The fourth-order valence-electron chi connectivity index (χ4n) is 5.76. The van der Waals surface area contributed by atoms with Gasteiger partial charge in [0.1, 0.15) is 11.3 Å². The number of amides is 1. The number of H-pyrrole nitrogens is 1. The minimum absolute atomic E-state index is 0.0789. The van der Waals surface area contributed by atoms with Crippen LogP contribution in [0.2, 0.25) is 0 Å². The SMILES string of the molecule is N=c1nc(-c2cccc([C@H](Cc3ccccc3)N3CCN(C(=O)OCC4CC4)CC3)c2)n(Cc2cn[n-]n2)c2nc[nH]c12. The van der Waals surface area contributed by atoms with E-state index in [1.165, 1.54) is 5.56 Å². The van der Waals surface area contributed by atoms with Crippen LogP contribution in [0.25, 0.3) is 22.6 Å². The maximum atomic E-state index is 12.7. The molecule has 0 radical (unpaired) electrons. The van der Waals surface area contributed by atoms with Crippen LogP contribution in [0.4, 0.5) is 4.79 Å². The number of carbonyl (C=O) groups excluding carboxylic acids is 1. The molecule has 1 aliphatic heterocycles. The Morgan fingerprint density at radius 2 is 1.93 bits per heavy atom. The zero-order chi connectivity index (χ0) is 29.2. The second-order valence-corrected chi connectivity index (χ2v) is 11.3. The molecule has 4 heterocycles. The Balaban J connectivity index is 1.20. The fourth-order valence-corrected chi connectivity index (χ4v) is 5.76. The molecule has 0 unspecified atom stereocenters. The lowest BCUT2D eigenvalue weighted by molar-refractivity contribution is 0.0609. The van der Waals surface area contributed by atoms with Gasteiger partial charge in [0.15, 0.2) is 11.1 Å².